The predicted molar refractivity (Wildman–Crippen MR) is 108 cm³/mol. The van der Waals surface area contributed by atoms with Crippen molar-refractivity contribution in [1.29, 1.82) is 0 Å². The monoisotopic (exact) mass is 377 g/mol. The van der Waals surface area contributed by atoms with Crippen LogP contribution in [0.15, 0.2) is 48.8 Å². The van der Waals surface area contributed by atoms with E-state index >= 15 is 0 Å². The van der Waals surface area contributed by atoms with Crippen LogP contribution in [0.2, 0.25) is 0 Å². The molecule has 0 aliphatic carbocycles. The molecule has 0 spiro atoms. The first-order chi connectivity index (χ1) is 13.1. The molecule has 0 N–H and O–H groups in total. The molecule has 1 aromatic carbocycles. The third-order valence-corrected chi connectivity index (χ3v) is 5.40. The average molecular weight is 377 g/mol. The van der Waals surface area contributed by atoms with Gasteiger partial charge in [-0.15, -0.1) is 11.3 Å². The second kappa shape index (κ2) is 6.92. The molecular formula is C20H19N5OS. The van der Waals surface area contributed by atoms with Crippen LogP contribution in [-0.2, 0) is 6.42 Å². The van der Waals surface area contributed by atoms with E-state index in [0.29, 0.717) is 17.8 Å². The summed E-state index contributed by atoms with van der Waals surface area (Å²) >= 11 is 1.63. The summed E-state index contributed by atoms with van der Waals surface area (Å²) < 4.78 is 2.81. The topological polar surface area (TPSA) is 63.9 Å². The Morgan fingerprint density at radius 3 is 2.85 bits per heavy atom. The van der Waals surface area contributed by atoms with Gasteiger partial charge in [-0.3, -0.25) is 4.79 Å². The van der Waals surface area contributed by atoms with E-state index in [9.17, 15) is 4.79 Å². The van der Waals surface area contributed by atoms with E-state index in [1.807, 2.05) is 50.2 Å². The number of hydrogen-bond acceptors (Lipinski definition) is 5. The average Bonchev–Trinajstić information content (AvgIpc) is 3.29. The number of amides is 1. The first-order valence-corrected chi connectivity index (χ1v) is 9.53. The molecule has 3 heterocycles. The maximum atomic E-state index is 13.2. The highest BCUT2D eigenvalue weighted by Crippen LogP contribution is 2.27. The molecule has 0 unspecified atom stereocenters. The van der Waals surface area contributed by atoms with Crippen LogP contribution in [0.4, 0.5) is 5.69 Å². The van der Waals surface area contributed by atoms with Gasteiger partial charge in [0.05, 0.1) is 32.7 Å². The van der Waals surface area contributed by atoms with Crippen LogP contribution in [0.25, 0.3) is 16.0 Å². The predicted octanol–water partition coefficient (Wildman–Crippen LogP) is 4.02. The first kappa shape index (κ1) is 17.4. The highest BCUT2D eigenvalue weighted by molar-refractivity contribution is 7.18. The number of aryl methyl sites for hydroxylation is 1. The third-order valence-electron chi connectivity index (χ3n) is 4.47. The quantitative estimate of drug-likeness (QED) is 0.539. The number of rotatable bonds is 4. The van der Waals surface area contributed by atoms with Crippen molar-refractivity contribution < 1.29 is 4.79 Å². The molecule has 1 amide bonds. The van der Waals surface area contributed by atoms with E-state index in [2.05, 4.69) is 15.1 Å². The smallest absolute Gasteiger partial charge is 0.261 e. The zero-order chi connectivity index (χ0) is 19.0. The zero-order valence-electron chi connectivity index (χ0n) is 15.4. The fourth-order valence-corrected chi connectivity index (χ4v) is 3.96. The summed E-state index contributed by atoms with van der Waals surface area (Å²) in [5.41, 5.74) is 3.23. The summed E-state index contributed by atoms with van der Waals surface area (Å²) in [5, 5.41) is 5.42. The van der Waals surface area contributed by atoms with Crippen molar-refractivity contribution in [3.8, 4) is 5.82 Å². The van der Waals surface area contributed by atoms with Gasteiger partial charge in [0.25, 0.3) is 5.91 Å². The molecule has 0 saturated carbocycles. The number of aromatic nitrogens is 4. The lowest BCUT2D eigenvalue weighted by molar-refractivity contribution is 0.0992. The molecule has 3 aromatic heterocycles. The van der Waals surface area contributed by atoms with E-state index in [1.165, 1.54) is 0 Å². The number of anilines is 1. The van der Waals surface area contributed by atoms with Gasteiger partial charge < -0.3 is 4.90 Å². The minimum Gasteiger partial charge on any atom is -0.311 e. The normalized spacial score (nSPS) is 11.1. The van der Waals surface area contributed by atoms with E-state index < -0.39 is 0 Å². The Balaban J connectivity index is 1.70. The highest BCUT2D eigenvalue weighted by Gasteiger charge is 2.22. The Hall–Kier alpha value is -3.06. The number of nitrogens with zero attached hydrogens (tertiary/aromatic N) is 5. The second-order valence-electron chi connectivity index (χ2n) is 6.21. The Morgan fingerprint density at radius 2 is 2.11 bits per heavy atom. The van der Waals surface area contributed by atoms with Gasteiger partial charge in [-0.05, 0) is 43.7 Å². The minimum atomic E-state index is -0.0883. The molecule has 0 bridgehead atoms. The van der Waals surface area contributed by atoms with Crippen molar-refractivity contribution >= 4 is 33.1 Å². The maximum absolute atomic E-state index is 13.2. The molecule has 6 nitrogen and oxygen atoms in total. The molecule has 0 saturated heterocycles. The molecule has 136 valence electrons. The fourth-order valence-electron chi connectivity index (χ4n) is 3.10. The van der Waals surface area contributed by atoms with Gasteiger partial charge in [0.15, 0.2) is 5.82 Å². The van der Waals surface area contributed by atoms with Crippen molar-refractivity contribution in [3.05, 3.63) is 65.1 Å². The van der Waals surface area contributed by atoms with Crippen LogP contribution in [0, 0.1) is 6.92 Å². The summed E-state index contributed by atoms with van der Waals surface area (Å²) in [6.07, 6.45) is 4.02. The van der Waals surface area contributed by atoms with Crippen LogP contribution in [0.5, 0.6) is 0 Å². The highest BCUT2D eigenvalue weighted by atomic mass is 32.1. The summed E-state index contributed by atoms with van der Waals surface area (Å²) in [6.45, 7) is 4.00. The lowest BCUT2D eigenvalue weighted by Crippen LogP contribution is -2.27. The van der Waals surface area contributed by atoms with Gasteiger partial charge in [0.1, 0.15) is 0 Å². The number of carbonyl (C=O) groups excluding carboxylic acids is 1. The second-order valence-corrected chi connectivity index (χ2v) is 7.44. The molecule has 0 aliphatic heterocycles. The number of thiazole rings is 1. The first-order valence-electron chi connectivity index (χ1n) is 8.72. The van der Waals surface area contributed by atoms with Crippen molar-refractivity contribution in [3.63, 3.8) is 0 Å². The molecule has 27 heavy (non-hydrogen) atoms. The molecule has 0 radical (unpaired) electrons. The number of benzene rings is 1. The van der Waals surface area contributed by atoms with Gasteiger partial charge in [0, 0.05) is 18.9 Å². The van der Waals surface area contributed by atoms with Gasteiger partial charge in [-0.25, -0.2) is 14.6 Å². The SMILES string of the molecule is CCc1c(C(=O)N(C)c2ccc3nc(C)sc3c2)cnn1-c1ccccn1. The van der Waals surface area contributed by atoms with Crippen molar-refractivity contribution in [2.45, 2.75) is 20.3 Å². The summed E-state index contributed by atoms with van der Waals surface area (Å²) in [4.78, 5) is 23.6. The Bertz CT molecular complexity index is 1120. The van der Waals surface area contributed by atoms with E-state index in [0.717, 1.165) is 26.6 Å². The van der Waals surface area contributed by atoms with E-state index in [4.69, 9.17) is 0 Å². The summed E-state index contributed by atoms with van der Waals surface area (Å²) in [7, 11) is 1.79. The minimum absolute atomic E-state index is 0.0883. The molecule has 4 rings (SSSR count). The van der Waals surface area contributed by atoms with Crippen molar-refractivity contribution in [1.82, 2.24) is 19.7 Å². The van der Waals surface area contributed by atoms with Crippen LogP contribution in [0.1, 0.15) is 28.0 Å². The van der Waals surface area contributed by atoms with E-state index in [-0.39, 0.29) is 5.91 Å². The fraction of sp³-hybridized carbons (Fsp3) is 0.200. The summed E-state index contributed by atoms with van der Waals surface area (Å²) in [5.74, 6) is 0.618. The van der Waals surface area contributed by atoms with Crippen molar-refractivity contribution in [2.24, 2.45) is 0 Å². The lowest BCUT2D eigenvalue weighted by Gasteiger charge is -2.17. The van der Waals surface area contributed by atoms with Crippen LogP contribution < -0.4 is 4.90 Å². The van der Waals surface area contributed by atoms with Crippen LogP contribution in [0.3, 0.4) is 0 Å². The Kier molecular flexibility index (Phi) is 4.45. The number of hydrogen-bond donors (Lipinski definition) is 0. The van der Waals surface area contributed by atoms with Gasteiger partial charge in [-0.1, -0.05) is 13.0 Å². The molecule has 4 aromatic rings. The number of carbonyl (C=O) groups is 1. The van der Waals surface area contributed by atoms with Gasteiger partial charge >= 0.3 is 0 Å². The lowest BCUT2D eigenvalue weighted by atomic mass is 10.1. The van der Waals surface area contributed by atoms with Gasteiger partial charge in [-0.2, -0.15) is 5.10 Å². The third kappa shape index (κ3) is 3.10. The maximum Gasteiger partial charge on any atom is 0.261 e. The largest absolute Gasteiger partial charge is 0.311 e. The van der Waals surface area contributed by atoms with Gasteiger partial charge in [0.2, 0.25) is 0 Å². The Morgan fingerprint density at radius 1 is 1.26 bits per heavy atom. The Labute approximate surface area is 161 Å². The van der Waals surface area contributed by atoms with Crippen LogP contribution >= 0.6 is 11.3 Å². The van der Waals surface area contributed by atoms with Crippen LogP contribution in [-0.4, -0.2) is 32.7 Å². The standard InChI is InChI=1S/C20H19N5OS/c1-4-17-15(12-22-25(17)19-7-5-6-10-21-19)20(26)24(3)14-8-9-16-18(11-14)27-13(2)23-16/h5-12H,4H2,1-3H3. The number of pyridine rings is 1. The molecule has 7 heteroatoms. The van der Waals surface area contributed by atoms with E-state index in [1.54, 1.807) is 40.4 Å². The molecule has 0 fully saturated rings. The molecule has 0 atom stereocenters. The number of fused-ring (bicyclic) bond motifs is 1. The summed E-state index contributed by atoms with van der Waals surface area (Å²) in [6, 6.07) is 11.5. The molecule has 0 aliphatic rings. The molecular weight excluding hydrogens is 358 g/mol. The van der Waals surface area contributed by atoms with Crippen molar-refractivity contribution in [2.75, 3.05) is 11.9 Å². The zero-order valence-corrected chi connectivity index (χ0v) is 16.2.